The first-order valence-corrected chi connectivity index (χ1v) is 10.4. The highest BCUT2D eigenvalue weighted by molar-refractivity contribution is 6.38. The zero-order valence-corrected chi connectivity index (χ0v) is 18.9. The standard InChI is InChI=1S/C24H28N4O4/c1-14(2)25-22(29)17-11-8-10-16(4)21(17)26-23(30)20-13-18(24(31)32-5)27-28(20)19-12-7-6-9-15(19)3/h6-12,14,20H,13H2,1-5H3,(H,25,29)(H,26,30). The molecule has 0 fully saturated rings. The third-order valence-electron chi connectivity index (χ3n) is 5.18. The molecule has 0 bridgehead atoms. The van der Waals surface area contributed by atoms with Crippen LogP contribution in [0.5, 0.6) is 0 Å². The molecule has 0 saturated heterocycles. The van der Waals surface area contributed by atoms with Gasteiger partial charge in [-0.1, -0.05) is 30.3 Å². The molecule has 2 aromatic rings. The van der Waals surface area contributed by atoms with Crippen molar-refractivity contribution in [2.75, 3.05) is 17.4 Å². The number of amides is 2. The van der Waals surface area contributed by atoms with Gasteiger partial charge in [-0.25, -0.2) is 4.79 Å². The monoisotopic (exact) mass is 436 g/mol. The summed E-state index contributed by atoms with van der Waals surface area (Å²) in [5.74, 6) is -1.22. The molecule has 0 saturated carbocycles. The van der Waals surface area contributed by atoms with E-state index < -0.39 is 12.0 Å². The van der Waals surface area contributed by atoms with Crippen LogP contribution < -0.4 is 15.6 Å². The molecule has 1 atom stereocenters. The minimum Gasteiger partial charge on any atom is -0.464 e. The van der Waals surface area contributed by atoms with Crippen LogP contribution in [0, 0.1) is 13.8 Å². The Morgan fingerprint density at radius 3 is 2.41 bits per heavy atom. The lowest BCUT2D eigenvalue weighted by Gasteiger charge is -2.25. The van der Waals surface area contributed by atoms with Gasteiger partial charge in [0.1, 0.15) is 11.8 Å². The normalized spacial score (nSPS) is 15.4. The summed E-state index contributed by atoms with van der Waals surface area (Å²) >= 11 is 0. The summed E-state index contributed by atoms with van der Waals surface area (Å²) in [5.41, 5.74) is 3.36. The first kappa shape index (κ1) is 23.0. The predicted molar refractivity (Wildman–Crippen MR) is 124 cm³/mol. The fourth-order valence-electron chi connectivity index (χ4n) is 3.57. The molecular formula is C24H28N4O4. The molecule has 1 heterocycles. The highest BCUT2D eigenvalue weighted by Gasteiger charge is 2.37. The number of hydrogen-bond donors (Lipinski definition) is 2. The number of nitrogens with zero attached hydrogens (tertiary/aromatic N) is 2. The van der Waals surface area contributed by atoms with Crippen LogP contribution in [-0.4, -0.2) is 42.7 Å². The Kier molecular flexibility index (Phi) is 6.92. The van der Waals surface area contributed by atoms with Crippen molar-refractivity contribution in [3.8, 4) is 0 Å². The van der Waals surface area contributed by atoms with Gasteiger partial charge < -0.3 is 15.4 Å². The Hall–Kier alpha value is -3.68. The molecule has 0 radical (unpaired) electrons. The molecule has 1 aliphatic rings. The summed E-state index contributed by atoms with van der Waals surface area (Å²) in [6, 6.07) is 11.9. The Morgan fingerprint density at radius 2 is 1.75 bits per heavy atom. The van der Waals surface area contributed by atoms with Crippen LogP contribution in [0.15, 0.2) is 47.6 Å². The Labute approximate surface area is 187 Å². The van der Waals surface area contributed by atoms with Gasteiger partial charge in [0.15, 0.2) is 0 Å². The molecular weight excluding hydrogens is 408 g/mol. The van der Waals surface area contributed by atoms with Crippen molar-refractivity contribution < 1.29 is 19.1 Å². The van der Waals surface area contributed by atoms with Crippen LogP contribution in [-0.2, 0) is 14.3 Å². The number of carbonyl (C=O) groups excluding carboxylic acids is 3. The van der Waals surface area contributed by atoms with Gasteiger partial charge in [0.25, 0.3) is 5.91 Å². The maximum absolute atomic E-state index is 13.4. The molecule has 2 N–H and O–H groups in total. The van der Waals surface area contributed by atoms with Gasteiger partial charge >= 0.3 is 5.97 Å². The van der Waals surface area contributed by atoms with E-state index in [4.69, 9.17) is 4.74 Å². The second-order valence-corrected chi connectivity index (χ2v) is 8.00. The molecule has 2 aromatic carbocycles. The lowest BCUT2D eigenvalue weighted by atomic mass is 10.0. The van der Waals surface area contributed by atoms with E-state index in [0.717, 1.165) is 11.1 Å². The van der Waals surface area contributed by atoms with Crippen molar-refractivity contribution in [1.29, 1.82) is 0 Å². The summed E-state index contributed by atoms with van der Waals surface area (Å²) in [6.07, 6.45) is 0.0895. The average Bonchev–Trinajstić information content (AvgIpc) is 3.19. The topological polar surface area (TPSA) is 100 Å². The van der Waals surface area contributed by atoms with Gasteiger partial charge in [0, 0.05) is 12.5 Å². The van der Waals surface area contributed by atoms with Crippen LogP contribution in [0.1, 0.15) is 41.8 Å². The van der Waals surface area contributed by atoms with E-state index in [2.05, 4.69) is 15.7 Å². The van der Waals surface area contributed by atoms with Gasteiger partial charge in [-0.05, 0) is 51.0 Å². The first-order valence-electron chi connectivity index (χ1n) is 10.4. The number of esters is 1. The van der Waals surface area contributed by atoms with E-state index in [1.165, 1.54) is 7.11 Å². The predicted octanol–water partition coefficient (Wildman–Crippen LogP) is 3.19. The van der Waals surface area contributed by atoms with Crippen LogP contribution >= 0.6 is 0 Å². The molecule has 3 rings (SSSR count). The third kappa shape index (κ3) is 4.80. The number of nitrogens with one attached hydrogen (secondary N) is 2. The number of para-hydroxylation sites is 2. The maximum Gasteiger partial charge on any atom is 0.354 e. The SMILES string of the molecule is COC(=O)C1=NN(c2ccccc2C)C(C(=O)Nc2c(C)cccc2C(=O)NC(C)C)C1. The van der Waals surface area contributed by atoms with Crippen LogP contribution in [0.2, 0.25) is 0 Å². The molecule has 32 heavy (non-hydrogen) atoms. The number of hydrogen-bond acceptors (Lipinski definition) is 6. The van der Waals surface area contributed by atoms with E-state index in [0.29, 0.717) is 16.9 Å². The quantitative estimate of drug-likeness (QED) is 0.678. The molecule has 8 nitrogen and oxygen atoms in total. The second-order valence-electron chi connectivity index (χ2n) is 8.00. The fourth-order valence-corrected chi connectivity index (χ4v) is 3.57. The van der Waals surface area contributed by atoms with Gasteiger partial charge in [0.05, 0.1) is 24.0 Å². The average molecular weight is 437 g/mol. The van der Waals surface area contributed by atoms with Crippen molar-refractivity contribution in [1.82, 2.24) is 5.32 Å². The van der Waals surface area contributed by atoms with E-state index in [9.17, 15) is 14.4 Å². The van der Waals surface area contributed by atoms with Crippen molar-refractivity contribution in [2.45, 2.75) is 46.2 Å². The van der Waals surface area contributed by atoms with E-state index in [1.54, 1.807) is 17.1 Å². The molecule has 1 unspecified atom stereocenters. The minimum atomic E-state index is -0.772. The summed E-state index contributed by atoms with van der Waals surface area (Å²) in [6.45, 7) is 7.48. The van der Waals surface area contributed by atoms with E-state index >= 15 is 0 Å². The Balaban J connectivity index is 1.94. The highest BCUT2D eigenvalue weighted by atomic mass is 16.5. The first-order chi connectivity index (χ1) is 15.2. The summed E-state index contributed by atoms with van der Waals surface area (Å²) in [7, 11) is 1.28. The number of hydrazone groups is 1. The number of methoxy groups -OCH3 is 1. The van der Waals surface area contributed by atoms with Crippen LogP contribution in [0.3, 0.4) is 0 Å². The molecule has 2 amide bonds. The van der Waals surface area contributed by atoms with Crippen LogP contribution in [0.25, 0.3) is 0 Å². The van der Waals surface area contributed by atoms with E-state index in [-0.39, 0.29) is 30.0 Å². The van der Waals surface area contributed by atoms with Gasteiger partial charge in [0.2, 0.25) is 5.91 Å². The summed E-state index contributed by atoms with van der Waals surface area (Å²) in [5, 5.41) is 11.7. The molecule has 1 aliphatic heterocycles. The molecule has 8 heteroatoms. The number of anilines is 2. The van der Waals surface area contributed by atoms with Crippen LogP contribution in [0.4, 0.5) is 11.4 Å². The van der Waals surface area contributed by atoms with Crippen molar-refractivity contribution in [3.05, 3.63) is 59.2 Å². The van der Waals surface area contributed by atoms with Gasteiger partial charge in [-0.15, -0.1) is 0 Å². The highest BCUT2D eigenvalue weighted by Crippen LogP contribution is 2.29. The maximum atomic E-state index is 13.4. The van der Waals surface area contributed by atoms with Crippen molar-refractivity contribution in [2.24, 2.45) is 5.10 Å². The Morgan fingerprint density at radius 1 is 1.06 bits per heavy atom. The largest absolute Gasteiger partial charge is 0.464 e. The number of benzene rings is 2. The Bertz CT molecular complexity index is 1080. The van der Waals surface area contributed by atoms with Gasteiger partial charge in [-0.3, -0.25) is 14.6 Å². The zero-order valence-electron chi connectivity index (χ0n) is 18.9. The molecule has 0 spiro atoms. The lowest BCUT2D eigenvalue weighted by Crippen LogP contribution is -2.40. The number of ether oxygens (including phenoxy) is 1. The zero-order chi connectivity index (χ0) is 23.4. The summed E-state index contributed by atoms with van der Waals surface area (Å²) in [4.78, 5) is 38.2. The van der Waals surface area contributed by atoms with Crippen molar-refractivity contribution >= 4 is 34.9 Å². The summed E-state index contributed by atoms with van der Waals surface area (Å²) < 4.78 is 4.82. The minimum absolute atomic E-state index is 0.0473. The molecule has 0 aromatic heterocycles. The fraction of sp³-hybridized carbons (Fsp3) is 0.333. The smallest absolute Gasteiger partial charge is 0.354 e. The third-order valence-corrected chi connectivity index (χ3v) is 5.18. The number of rotatable bonds is 6. The van der Waals surface area contributed by atoms with Gasteiger partial charge in [-0.2, -0.15) is 5.10 Å². The van der Waals surface area contributed by atoms with E-state index in [1.807, 2.05) is 58.0 Å². The number of carbonyl (C=O) groups is 3. The molecule has 0 aliphatic carbocycles. The molecule has 168 valence electrons. The number of aryl methyl sites for hydroxylation is 2. The van der Waals surface area contributed by atoms with Crippen molar-refractivity contribution in [3.63, 3.8) is 0 Å². The second kappa shape index (κ2) is 9.64. The lowest BCUT2D eigenvalue weighted by molar-refractivity contribution is -0.132.